The van der Waals surface area contributed by atoms with Crippen LogP contribution < -0.4 is 5.73 Å². The Morgan fingerprint density at radius 2 is 2.13 bits per heavy atom. The fraction of sp³-hybridized carbons (Fsp3) is 0.750. The quantitative estimate of drug-likeness (QED) is 0.857. The van der Waals surface area contributed by atoms with E-state index in [1.807, 2.05) is 17.5 Å². The molecule has 0 atom stereocenters. The molecular formula is C12H20N2S. The molecule has 1 aromatic rings. The minimum Gasteiger partial charge on any atom is -0.330 e. The highest BCUT2D eigenvalue weighted by atomic mass is 32.1. The normalized spacial score (nSPS) is 20.4. The molecule has 2 nitrogen and oxygen atoms in total. The molecule has 0 spiro atoms. The van der Waals surface area contributed by atoms with E-state index in [1.165, 1.54) is 42.0 Å². The van der Waals surface area contributed by atoms with E-state index in [1.54, 1.807) is 0 Å². The van der Waals surface area contributed by atoms with Gasteiger partial charge in [0.05, 0.1) is 5.01 Å². The number of hydrogen-bond acceptors (Lipinski definition) is 3. The van der Waals surface area contributed by atoms with E-state index >= 15 is 0 Å². The van der Waals surface area contributed by atoms with Gasteiger partial charge < -0.3 is 5.73 Å². The third-order valence-corrected chi connectivity index (χ3v) is 4.48. The Labute approximate surface area is 95.9 Å². The fourth-order valence-electron chi connectivity index (χ4n) is 2.61. The predicted octanol–water partition coefficient (Wildman–Crippen LogP) is 2.90. The summed E-state index contributed by atoms with van der Waals surface area (Å²) in [5.41, 5.74) is 6.36. The van der Waals surface area contributed by atoms with Gasteiger partial charge >= 0.3 is 0 Å². The van der Waals surface area contributed by atoms with Gasteiger partial charge in [0.15, 0.2) is 0 Å². The van der Waals surface area contributed by atoms with Crippen molar-refractivity contribution in [2.45, 2.75) is 45.4 Å². The first-order valence-corrected chi connectivity index (χ1v) is 6.67. The van der Waals surface area contributed by atoms with Gasteiger partial charge in [-0.2, -0.15) is 0 Å². The summed E-state index contributed by atoms with van der Waals surface area (Å²) in [5.74, 6) is 0. The van der Waals surface area contributed by atoms with Crippen LogP contribution in [0.15, 0.2) is 6.20 Å². The third-order valence-electron chi connectivity index (χ3n) is 3.57. The lowest BCUT2D eigenvalue weighted by molar-refractivity contribution is 0.198. The molecule has 1 aromatic heterocycles. The highest BCUT2D eigenvalue weighted by Crippen LogP contribution is 2.39. The Morgan fingerprint density at radius 3 is 2.67 bits per heavy atom. The monoisotopic (exact) mass is 224 g/mol. The molecule has 0 saturated heterocycles. The molecule has 1 fully saturated rings. The van der Waals surface area contributed by atoms with Crippen molar-refractivity contribution < 1.29 is 0 Å². The van der Waals surface area contributed by atoms with Gasteiger partial charge in [-0.3, -0.25) is 0 Å². The molecule has 0 amide bonds. The van der Waals surface area contributed by atoms with Crippen molar-refractivity contribution in [1.82, 2.24) is 4.98 Å². The number of nitrogens with two attached hydrogens (primary N) is 1. The fourth-order valence-corrected chi connectivity index (χ4v) is 3.58. The van der Waals surface area contributed by atoms with Gasteiger partial charge in [0, 0.05) is 11.1 Å². The lowest BCUT2D eigenvalue weighted by Gasteiger charge is -2.35. The molecule has 0 unspecified atom stereocenters. The van der Waals surface area contributed by atoms with Crippen LogP contribution in [0.5, 0.6) is 0 Å². The Bertz CT molecular complexity index is 313. The van der Waals surface area contributed by atoms with E-state index in [0.717, 1.165) is 13.0 Å². The molecule has 0 radical (unpaired) electrons. The molecule has 0 aliphatic heterocycles. The van der Waals surface area contributed by atoms with Gasteiger partial charge in [-0.05, 0) is 38.1 Å². The standard InChI is InChI=1S/C12H20N2S/c1-10-14-8-11(15-10)7-12(9-13)5-3-2-4-6-12/h8H,2-7,9,13H2,1H3. The van der Waals surface area contributed by atoms with Crippen LogP contribution in [-0.2, 0) is 6.42 Å². The van der Waals surface area contributed by atoms with Crippen molar-refractivity contribution in [2.24, 2.45) is 11.1 Å². The van der Waals surface area contributed by atoms with Crippen molar-refractivity contribution in [3.63, 3.8) is 0 Å². The second-order valence-corrected chi connectivity index (χ2v) is 6.11. The van der Waals surface area contributed by atoms with E-state index in [4.69, 9.17) is 5.73 Å². The summed E-state index contributed by atoms with van der Waals surface area (Å²) in [4.78, 5) is 5.74. The molecule has 84 valence electrons. The molecule has 2 N–H and O–H groups in total. The Morgan fingerprint density at radius 1 is 1.40 bits per heavy atom. The van der Waals surface area contributed by atoms with Gasteiger partial charge in [-0.25, -0.2) is 4.98 Å². The maximum absolute atomic E-state index is 5.98. The van der Waals surface area contributed by atoms with Crippen molar-refractivity contribution in [2.75, 3.05) is 6.54 Å². The lowest BCUT2D eigenvalue weighted by Crippen LogP contribution is -2.34. The first kappa shape index (κ1) is 11.1. The van der Waals surface area contributed by atoms with Crippen LogP contribution in [0.1, 0.15) is 42.0 Å². The molecule has 1 aliphatic rings. The first-order valence-electron chi connectivity index (χ1n) is 5.85. The maximum atomic E-state index is 5.98. The summed E-state index contributed by atoms with van der Waals surface area (Å²) >= 11 is 1.83. The zero-order valence-corrected chi connectivity index (χ0v) is 10.3. The van der Waals surface area contributed by atoms with Gasteiger partial charge in [-0.15, -0.1) is 11.3 Å². The minimum atomic E-state index is 0.386. The smallest absolute Gasteiger partial charge is 0.0896 e. The van der Waals surface area contributed by atoms with Crippen LogP contribution in [0, 0.1) is 12.3 Å². The molecule has 1 heterocycles. The van der Waals surface area contributed by atoms with E-state index in [0.29, 0.717) is 5.41 Å². The number of aryl methyl sites for hydroxylation is 1. The first-order chi connectivity index (χ1) is 7.24. The third kappa shape index (κ3) is 2.58. The largest absolute Gasteiger partial charge is 0.330 e. The highest BCUT2D eigenvalue weighted by molar-refractivity contribution is 7.11. The molecular weight excluding hydrogens is 204 g/mol. The topological polar surface area (TPSA) is 38.9 Å². The van der Waals surface area contributed by atoms with E-state index in [-0.39, 0.29) is 0 Å². The molecule has 2 rings (SSSR count). The SMILES string of the molecule is Cc1ncc(CC2(CN)CCCCC2)s1. The van der Waals surface area contributed by atoms with Crippen LogP contribution in [0.3, 0.4) is 0 Å². The highest BCUT2D eigenvalue weighted by Gasteiger charge is 2.31. The van der Waals surface area contributed by atoms with Crippen LogP contribution >= 0.6 is 11.3 Å². The number of thiazole rings is 1. The number of nitrogens with zero attached hydrogens (tertiary/aromatic N) is 1. The molecule has 0 aromatic carbocycles. The summed E-state index contributed by atoms with van der Waals surface area (Å²) in [6, 6.07) is 0. The second-order valence-electron chi connectivity index (χ2n) is 4.79. The van der Waals surface area contributed by atoms with Crippen molar-refractivity contribution in [1.29, 1.82) is 0 Å². The molecule has 0 bridgehead atoms. The number of aromatic nitrogens is 1. The van der Waals surface area contributed by atoms with Gasteiger partial charge in [-0.1, -0.05) is 19.3 Å². The Balaban J connectivity index is 2.06. The molecule has 1 aliphatic carbocycles. The van der Waals surface area contributed by atoms with E-state index < -0.39 is 0 Å². The van der Waals surface area contributed by atoms with Crippen LogP contribution in [0.25, 0.3) is 0 Å². The van der Waals surface area contributed by atoms with Gasteiger partial charge in [0.25, 0.3) is 0 Å². The second kappa shape index (κ2) is 4.62. The van der Waals surface area contributed by atoms with E-state index in [2.05, 4.69) is 11.9 Å². The molecule has 3 heteroatoms. The summed E-state index contributed by atoms with van der Waals surface area (Å²) in [6.07, 6.45) is 9.90. The summed E-state index contributed by atoms with van der Waals surface area (Å²) in [7, 11) is 0. The van der Waals surface area contributed by atoms with Crippen LogP contribution in [0.2, 0.25) is 0 Å². The van der Waals surface area contributed by atoms with Crippen molar-refractivity contribution in [3.8, 4) is 0 Å². The average Bonchev–Trinajstić information content (AvgIpc) is 2.65. The van der Waals surface area contributed by atoms with Crippen LogP contribution in [0.4, 0.5) is 0 Å². The zero-order valence-electron chi connectivity index (χ0n) is 9.46. The van der Waals surface area contributed by atoms with Crippen molar-refractivity contribution in [3.05, 3.63) is 16.1 Å². The maximum Gasteiger partial charge on any atom is 0.0896 e. The Kier molecular flexibility index (Phi) is 3.42. The lowest BCUT2D eigenvalue weighted by atomic mass is 9.72. The van der Waals surface area contributed by atoms with Crippen molar-refractivity contribution >= 4 is 11.3 Å². The molecule has 15 heavy (non-hydrogen) atoms. The summed E-state index contributed by atoms with van der Waals surface area (Å²) < 4.78 is 0. The Hall–Kier alpha value is -0.410. The average molecular weight is 224 g/mol. The summed E-state index contributed by atoms with van der Waals surface area (Å²) in [5, 5.41) is 1.17. The summed E-state index contributed by atoms with van der Waals surface area (Å²) in [6.45, 7) is 2.91. The zero-order chi connectivity index (χ0) is 10.7. The predicted molar refractivity (Wildman–Crippen MR) is 65.1 cm³/mol. The van der Waals surface area contributed by atoms with Gasteiger partial charge in [0.2, 0.25) is 0 Å². The number of rotatable bonds is 3. The molecule has 1 saturated carbocycles. The van der Waals surface area contributed by atoms with Gasteiger partial charge in [0.1, 0.15) is 0 Å². The van der Waals surface area contributed by atoms with E-state index in [9.17, 15) is 0 Å². The number of hydrogen-bond donors (Lipinski definition) is 1. The van der Waals surface area contributed by atoms with Crippen LogP contribution in [-0.4, -0.2) is 11.5 Å². The minimum absolute atomic E-state index is 0.386.